The smallest absolute Gasteiger partial charge is 0.323 e. The molecule has 0 bridgehead atoms. The number of carbonyl (C=O) groups excluding carboxylic acids is 3. The van der Waals surface area contributed by atoms with Gasteiger partial charge in [0, 0.05) is 23.1 Å². The summed E-state index contributed by atoms with van der Waals surface area (Å²) in [6, 6.07) is 12.3. The first-order valence-electron chi connectivity index (χ1n) is 10.5. The van der Waals surface area contributed by atoms with E-state index in [9.17, 15) is 31.9 Å². The molecule has 3 aromatic rings. The Kier molecular flexibility index (Phi) is 6.72. The van der Waals surface area contributed by atoms with Crippen molar-refractivity contribution in [1.82, 2.24) is 10.3 Å². The monoisotopic (exact) mass is 518 g/mol. The lowest BCUT2D eigenvalue weighted by Gasteiger charge is -2.22. The number of imide groups is 1. The lowest BCUT2D eigenvalue weighted by molar-refractivity contribution is -0.121. The predicted molar refractivity (Wildman–Crippen MR) is 125 cm³/mol. The number of benzene rings is 2. The van der Waals surface area contributed by atoms with Gasteiger partial charge >= 0.3 is 11.5 Å². The minimum atomic E-state index is -4.46. The highest BCUT2D eigenvalue weighted by Crippen LogP contribution is 2.38. The highest BCUT2D eigenvalue weighted by molar-refractivity contribution is 8.00. The number of hydrogen-bond acceptors (Lipinski definition) is 5. The van der Waals surface area contributed by atoms with E-state index >= 15 is 0 Å². The first kappa shape index (κ1) is 25.2. The van der Waals surface area contributed by atoms with Gasteiger partial charge in [0.1, 0.15) is 17.2 Å². The molecule has 1 unspecified atom stereocenters. The van der Waals surface area contributed by atoms with Crippen molar-refractivity contribution in [3.8, 4) is 0 Å². The number of urea groups is 1. The van der Waals surface area contributed by atoms with E-state index in [1.54, 1.807) is 6.07 Å². The minimum absolute atomic E-state index is 0.0536. The van der Waals surface area contributed by atoms with Crippen LogP contribution in [0.1, 0.15) is 22.8 Å². The number of thioether (sulfide) groups is 1. The van der Waals surface area contributed by atoms with Crippen LogP contribution in [0.4, 0.5) is 33.9 Å². The van der Waals surface area contributed by atoms with E-state index in [2.05, 4.69) is 15.6 Å². The maximum Gasteiger partial charge on any atom is 0.446 e. The van der Waals surface area contributed by atoms with Crippen molar-refractivity contribution in [3.05, 3.63) is 83.8 Å². The Bertz CT molecular complexity index is 1320. The van der Waals surface area contributed by atoms with Gasteiger partial charge in [0.25, 0.3) is 11.8 Å². The van der Waals surface area contributed by atoms with Crippen LogP contribution in [0.2, 0.25) is 0 Å². The summed E-state index contributed by atoms with van der Waals surface area (Å²) >= 11 is -0.297. The Hall–Kier alpha value is -3.93. The SMILES string of the molecule is CC1(Cc2ccnc(NC(=O)c3ccc(F)cc3)c2)NC(=O)N(c2ccc(SC(F)(F)F)cc2)C1=O. The standard InChI is InChI=1S/C24H18F4N4O3S/c1-23(13-14-10-11-29-19(12-14)30-20(33)15-2-4-16(25)5-3-15)21(34)32(22(35)31-23)17-6-8-18(9-7-17)36-24(26,27)28/h2-12H,13H2,1H3,(H,31,35)(H,29,30,33). The molecule has 186 valence electrons. The number of halogens is 4. The zero-order chi connectivity index (χ0) is 26.1. The van der Waals surface area contributed by atoms with Gasteiger partial charge in [-0.05, 0) is 84.9 Å². The molecule has 0 aliphatic carbocycles. The summed E-state index contributed by atoms with van der Waals surface area (Å²) in [5.41, 5.74) is -4.87. The predicted octanol–water partition coefficient (Wildman–Crippen LogP) is 5.14. The van der Waals surface area contributed by atoms with E-state index in [1.165, 1.54) is 55.6 Å². The van der Waals surface area contributed by atoms with Crippen molar-refractivity contribution in [2.45, 2.75) is 29.3 Å². The van der Waals surface area contributed by atoms with E-state index in [0.29, 0.717) is 5.56 Å². The number of nitrogens with one attached hydrogen (secondary N) is 2. The second kappa shape index (κ2) is 9.61. The van der Waals surface area contributed by atoms with Crippen molar-refractivity contribution in [2.24, 2.45) is 0 Å². The molecule has 0 spiro atoms. The summed E-state index contributed by atoms with van der Waals surface area (Å²) in [5.74, 6) is -1.38. The van der Waals surface area contributed by atoms with Crippen molar-refractivity contribution in [1.29, 1.82) is 0 Å². The first-order chi connectivity index (χ1) is 16.9. The van der Waals surface area contributed by atoms with Crippen LogP contribution in [-0.4, -0.2) is 33.9 Å². The highest BCUT2D eigenvalue weighted by atomic mass is 32.2. The zero-order valence-corrected chi connectivity index (χ0v) is 19.4. The molecular weight excluding hydrogens is 500 g/mol. The van der Waals surface area contributed by atoms with Crippen molar-refractivity contribution in [3.63, 3.8) is 0 Å². The fourth-order valence-corrected chi connectivity index (χ4v) is 4.23. The minimum Gasteiger partial charge on any atom is -0.323 e. The molecule has 1 aromatic heterocycles. The Balaban J connectivity index is 1.48. The summed E-state index contributed by atoms with van der Waals surface area (Å²) in [7, 11) is 0. The average Bonchev–Trinajstić information content (AvgIpc) is 3.01. The lowest BCUT2D eigenvalue weighted by Crippen LogP contribution is -2.46. The Morgan fingerprint density at radius 1 is 1.08 bits per heavy atom. The van der Waals surface area contributed by atoms with E-state index in [4.69, 9.17) is 0 Å². The van der Waals surface area contributed by atoms with Gasteiger partial charge in [-0.25, -0.2) is 19.1 Å². The highest BCUT2D eigenvalue weighted by Gasteiger charge is 2.48. The number of amides is 4. The molecule has 0 radical (unpaired) electrons. The molecule has 4 rings (SSSR count). The van der Waals surface area contributed by atoms with Gasteiger partial charge in [0.2, 0.25) is 0 Å². The van der Waals surface area contributed by atoms with Crippen LogP contribution >= 0.6 is 11.8 Å². The van der Waals surface area contributed by atoms with E-state index in [-0.39, 0.29) is 40.1 Å². The first-order valence-corrected chi connectivity index (χ1v) is 11.3. The molecule has 1 aliphatic heterocycles. The third-order valence-corrected chi connectivity index (χ3v) is 6.06. The molecule has 1 atom stereocenters. The maximum absolute atomic E-state index is 13.2. The largest absolute Gasteiger partial charge is 0.446 e. The van der Waals surface area contributed by atoms with Crippen molar-refractivity contribution < 1.29 is 31.9 Å². The normalized spacial score (nSPS) is 17.8. The molecular formula is C24H18F4N4O3S. The van der Waals surface area contributed by atoms with Crippen LogP contribution in [0.15, 0.2) is 71.8 Å². The summed E-state index contributed by atoms with van der Waals surface area (Å²) < 4.78 is 50.8. The fourth-order valence-electron chi connectivity index (χ4n) is 3.69. The van der Waals surface area contributed by atoms with Crippen LogP contribution in [0.3, 0.4) is 0 Å². The van der Waals surface area contributed by atoms with Crippen LogP contribution in [-0.2, 0) is 11.2 Å². The number of hydrogen-bond donors (Lipinski definition) is 2. The summed E-state index contributed by atoms with van der Waals surface area (Å²) in [4.78, 5) is 43.0. The molecule has 1 saturated heterocycles. The average molecular weight is 518 g/mol. The molecule has 36 heavy (non-hydrogen) atoms. The second-order valence-electron chi connectivity index (χ2n) is 8.13. The fraction of sp³-hybridized carbons (Fsp3) is 0.167. The Labute approximate surface area is 206 Å². The number of anilines is 2. The summed E-state index contributed by atoms with van der Waals surface area (Å²) in [5, 5.41) is 5.22. The second-order valence-corrected chi connectivity index (χ2v) is 9.27. The molecule has 4 amide bonds. The van der Waals surface area contributed by atoms with Gasteiger partial charge in [0.05, 0.1) is 5.69 Å². The van der Waals surface area contributed by atoms with Gasteiger partial charge in [0.15, 0.2) is 0 Å². The zero-order valence-electron chi connectivity index (χ0n) is 18.6. The van der Waals surface area contributed by atoms with E-state index in [1.807, 2.05) is 0 Å². The number of aromatic nitrogens is 1. The molecule has 12 heteroatoms. The number of rotatable bonds is 6. The maximum atomic E-state index is 13.2. The number of nitrogens with zero attached hydrogens (tertiary/aromatic N) is 2. The molecule has 2 heterocycles. The third kappa shape index (κ3) is 5.65. The van der Waals surface area contributed by atoms with Crippen LogP contribution in [0.5, 0.6) is 0 Å². The van der Waals surface area contributed by atoms with Crippen LogP contribution < -0.4 is 15.5 Å². The number of pyridine rings is 1. The Morgan fingerprint density at radius 2 is 1.75 bits per heavy atom. The summed E-state index contributed by atoms with van der Waals surface area (Å²) in [6.07, 6.45) is 1.48. The number of carbonyl (C=O) groups is 3. The van der Waals surface area contributed by atoms with Gasteiger partial charge in [-0.15, -0.1) is 0 Å². The third-order valence-electron chi connectivity index (χ3n) is 5.32. The van der Waals surface area contributed by atoms with E-state index in [0.717, 1.165) is 17.0 Å². The van der Waals surface area contributed by atoms with Crippen LogP contribution in [0, 0.1) is 5.82 Å². The quantitative estimate of drug-likeness (QED) is 0.268. The van der Waals surface area contributed by atoms with Crippen molar-refractivity contribution in [2.75, 3.05) is 10.2 Å². The molecule has 1 fully saturated rings. The molecule has 2 N–H and O–H groups in total. The molecule has 2 aromatic carbocycles. The van der Waals surface area contributed by atoms with Gasteiger partial charge in [-0.2, -0.15) is 13.2 Å². The summed E-state index contributed by atoms with van der Waals surface area (Å²) in [6.45, 7) is 1.53. The topological polar surface area (TPSA) is 91.4 Å². The molecule has 7 nitrogen and oxygen atoms in total. The van der Waals surface area contributed by atoms with Gasteiger partial charge in [-0.3, -0.25) is 9.59 Å². The van der Waals surface area contributed by atoms with Gasteiger partial charge < -0.3 is 10.6 Å². The van der Waals surface area contributed by atoms with Crippen molar-refractivity contribution >= 4 is 41.1 Å². The van der Waals surface area contributed by atoms with Crippen LogP contribution in [0.25, 0.3) is 0 Å². The van der Waals surface area contributed by atoms with E-state index < -0.39 is 34.7 Å². The Morgan fingerprint density at radius 3 is 2.39 bits per heavy atom. The number of alkyl halides is 3. The molecule has 0 saturated carbocycles. The molecule has 1 aliphatic rings. The van der Waals surface area contributed by atoms with Gasteiger partial charge in [-0.1, -0.05) is 0 Å². The lowest BCUT2D eigenvalue weighted by atomic mass is 9.93.